The molecule has 0 amide bonds. The molecule has 2 aromatic rings. The Morgan fingerprint density at radius 3 is 1.88 bits per heavy atom. The Morgan fingerprint density at radius 2 is 1.35 bits per heavy atom. The van der Waals surface area contributed by atoms with Crippen LogP contribution in [0.15, 0.2) is 54.4 Å². The Bertz CT molecular complexity index is 842. The van der Waals surface area contributed by atoms with E-state index in [1.54, 1.807) is 20.8 Å². The van der Waals surface area contributed by atoms with Crippen molar-refractivity contribution in [2.24, 2.45) is 0 Å². The minimum Gasteiger partial charge on any atom is -0.457 e. The van der Waals surface area contributed by atoms with Crippen LogP contribution in [0.2, 0.25) is 0 Å². The first-order valence-corrected chi connectivity index (χ1v) is 5.16. The highest BCUT2D eigenvalue weighted by Gasteiger charge is 2.12. The molecule has 0 heterocycles. The van der Waals surface area contributed by atoms with E-state index in [1.165, 1.54) is 0 Å². The summed E-state index contributed by atoms with van der Waals surface area (Å²) in [5.41, 5.74) is -0.435. The van der Waals surface area contributed by atoms with Crippen LogP contribution in [-0.4, -0.2) is 0 Å². The van der Waals surface area contributed by atoms with E-state index >= 15 is 0 Å². The minimum atomic E-state index is -0.644. The third-order valence-electron chi connectivity index (χ3n) is 2.03. The van der Waals surface area contributed by atoms with Gasteiger partial charge in [-0.1, -0.05) is 51.0 Å². The summed E-state index contributed by atoms with van der Waals surface area (Å²) in [5.74, 6) is -1.02. The van der Waals surface area contributed by atoms with Crippen LogP contribution in [0.25, 0.3) is 0 Å². The van der Waals surface area contributed by atoms with Crippen LogP contribution in [0.3, 0.4) is 0 Å². The predicted molar refractivity (Wildman–Crippen MR) is 71.7 cm³/mol. The molecule has 0 bridgehead atoms. The first-order valence-electron chi connectivity index (χ1n) is 9.66. The molecule has 88 valence electrons. The Kier molecular flexibility index (Phi) is 1.32. The van der Waals surface area contributed by atoms with Crippen LogP contribution < -0.4 is 4.74 Å². The summed E-state index contributed by atoms with van der Waals surface area (Å²) < 4.78 is 76.5. The third kappa shape index (κ3) is 3.10. The average molecular weight is 235 g/mol. The zero-order valence-corrected chi connectivity index (χ0v) is 9.91. The second-order valence-electron chi connectivity index (χ2n) is 4.51. The number of hydrogen-bond acceptors (Lipinski definition) is 1. The molecule has 0 radical (unpaired) electrons. The van der Waals surface area contributed by atoms with Gasteiger partial charge < -0.3 is 4.74 Å². The van der Waals surface area contributed by atoms with Crippen LogP contribution >= 0.6 is 0 Å². The van der Waals surface area contributed by atoms with Gasteiger partial charge in [-0.15, -0.1) is 0 Å². The zero-order valence-electron chi connectivity index (χ0n) is 18.9. The summed E-state index contributed by atoms with van der Waals surface area (Å²) in [7, 11) is 0. The topological polar surface area (TPSA) is 9.23 Å². The van der Waals surface area contributed by atoms with Gasteiger partial charge in [0.1, 0.15) is 11.5 Å². The fourth-order valence-corrected chi connectivity index (χ4v) is 1.12. The summed E-state index contributed by atoms with van der Waals surface area (Å²) in [5, 5.41) is 0. The highest BCUT2D eigenvalue weighted by atomic mass is 16.5. The lowest BCUT2D eigenvalue weighted by Crippen LogP contribution is -2.10. The highest BCUT2D eigenvalue weighted by molar-refractivity contribution is 5.34. The lowest BCUT2D eigenvalue weighted by Gasteiger charge is -2.19. The van der Waals surface area contributed by atoms with Crippen LogP contribution in [-0.2, 0) is 5.41 Å². The smallest absolute Gasteiger partial charge is 0.127 e. The Hall–Kier alpha value is -1.76. The second-order valence-corrected chi connectivity index (χ2v) is 4.51. The van der Waals surface area contributed by atoms with Gasteiger partial charge in [0.15, 0.2) is 0 Å². The van der Waals surface area contributed by atoms with Gasteiger partial charge in [0.05, 0.1) is 12.3 Å². The third-order valence-corrected chi connectivity index (χ3v) is 2.03. The maximum absolute atomic E-state index is 8.15. The number of benzene rings is 2. The van der Waals surface area contributed by atoms with Gasteiger partial charge in [0, 0.05) is 0 Å². The van der Waals surface area contributed by atoms with E-state index in [0.717, 1.165) is 0 Å². The van der Waals surface area contributed by atoms with Crippen LogP contribution in [0.1, 0.15) is 38.7 Å². The van der Waals surface area contributed by atoms with E-state index in [-0.39, 0.29) is 17.6 Å². The van der Waals surface area contributed by atoms with E-state index in [1.807, 2.05) is 0 Å². The van der Waals surface area contributed by atoms with Gasteiger partial charge in [0.25, 0.3) is 0 Å². The Labute approximate surface area is 116 Å². The lowest BCUT2D eigenvalue weighted by atomic mass is 9.87. The van der Waals surface area contributed by atoms with Gasteiger partial charge in [-0.2, -0.15) is 0 Å². The SMILES string of the molecule is [2H]c1c([2H])c([2H])c(Oc2c([2H])c([2H])c(C(C)(C)C)c([2H])c2[2H])c([2H])c1[2H]. The van der Waals surface area contributed by atoms with Crippen molar-refractivity contribution in [2.45, 2.75) is 26.2 Å². The molecule has 0 aromatic heterocycles. The number of ether oxygens (including phenoxy) is 1. The van der Waals surface area contributed by atoms with Crippen molar-refractivity contribution in [1.29, 1.82) is 0 Å². The maximum atomic E-state index is 8.15. The van der Waals surface area contributed by atoms with E-state index in [9.17, 15) is 0 Å². The molecule has 0 saturated heterocycles. The van der Waals surface area contributed by atoms with Gasteiger partial charge in [-0.05, 0) is 35.1 Å². The molecule has 0 aliphatic heterocycles. The zero-order chi connectivity index (χ0) is 20.1. The molecule has 1 nitrogen and oxygen atoms in total. The van der Waals surface area contributed by atoms with Crippen LogP contribution in [0.5, 0.6) is 11.5 Å². The molecule has 17 heavy (non-hydrogen) atoms. The van der Waals surface area contributed by atoms with Gasteiger partial charge >= 0.3 is 0 Å². The first-order chi connectivity index (χ1) is 11.8. The van der Waals surface area contributed by atoms with Crippen LogP contribution in [0, 0.1) is 0 Å². The molecule has 1 heteroatoms. The molecule has 2 rings (SSSR count). The number of para-hydroxylation sites is 1. The molecule has 2 aromatic carbocycles. The molecule has 0 atom stereocenters. The van der Waals surface area contributed by atoms with Crippen LogP contribution in [0.4, 0.5) is 0 Å². The first kappa shape index (κ1) is 4.85. The average Bonchev–Trinajstić information content (AvgIpc) is 2.55. The normalized spacial score (nSPS) is 18.6. The van der Waals surface area contributed by atoms with Gasteiger partial charge in [-0.25, -0.2) is 0 Å². The van der Waals surface area contributed by atoms with Crippen molar-refractivity contribution in [3.63, 3.8) is 0 Å². The molecule has 0 saturated carbocycles. The maximum Gasteiger partial charge on any atom is 0.127 e. The van der Waals surface area contributed by atoms with Crippen molar-refractivity contribution < 1.29 is 17.1 Å². The largest absolute Gasteiger partial charge is 0.457 e. The molecular weight excluding hydrogens is 208 g/mol. The monoisotopic (exact) mass is 235 g/mol. The fraction of sp³-hybridized carbons (Fsp3) is 0.250. The minimum absolute atomic E-state index is 0.209. The Morgan fingerprint density at radius 1 is 0.824 bits per heavy atom. The molecule has 0 N–H and O–H groups in total. The molecule has 0 unspecified atom stereocenters. The lowest BCUT2D eigenvalue weighted by molar-refractivity contribution is 0.481. The Balaban J connectivity index is 2.75. The summed E-state index contributed by atoms with van der Waals surface area (Å²) in [4.78, 5) is 0. The summed E-state index contributed by atoms with van der Waals surface area (Å²) in [6.07, 6.45) is 0. The van der Waals surface area contributed by atoms with Gasteiger partial charge in [-0.3, -0.25) is 0 Å². The van der Waals surface area contributed by atoms with E-state index in [2.05, 4.69) is 0 Å². The fourth-order valence-electron chi connectivity index (χ4n) is 1.12. The van der Waals surface area contributed by atoms with Crippen molar-refractivity contribution in [2.75, 3.05) is 0 Å². The second kappa shape index (κ2) is 4.62. The van der Waals surface area contributed by atoms with E-state index in [4.69, 9.17) is 17.1 Å². The summed E-state index contributed by atoms with van der Waals surface area (Å²) >= 11 is 0. The van der Waals surface area contributed by atoms with Crippen molar-refractivity contribution in [3.8, 4) is 11.5 Å². The molecular formula is C16H18O. The molecule has 0 spiro atoms. The van der Waals surface area contributed by atoms with E-state index < -0.39 is 59.2 Å². The van der Waals surface area contributed by atoms with Crippen molar-refractivity contribution >= 4 is 0 Å². The highest BCUT2D eigenvalue weighted by Crippen LogP contribution is 2.26. The quantitative estimate of drug-likeness (QED) is 0.728. The number of hydrogen-bond donors (Lipinski definition) is 0. The van der Waals surface area contributed by atoms with Crippen molar-refractivity contribution in [3.05, 3.63) is 59.9 Å². The molecule has 0 aliphatic rings. The van der Waals surface area contributed by atoms with Crippen molar-refractivity contribution in [1.82, 2.24) is 0 Å². The number of rotatable bonds is 2. The predicted octanol–water partition coefficient (Wildman–Crippen LogP) is 4.78. The molecule has 0 fully saturated rings. The standard InChI is InChI=1S/C16H18O/c1-16(2,3)13-9-11-15(12-10-13)17-14-7-5-4-6-8-14/h4-12H,1-3H3/i4D,5D,6D,7D,8D,9D,10D,11D,12D. The van der Waals surface area contributed by atoms with E-state index in [0.29, 0.717) is 0 Å². The summed E-state index contributed by atoms with van der Waals surface area (Å²) in [6.45, 7) is 5.27. The summed E-state index contributed by atoms with van der Waals surface area (Å²) in [6, 6.07) is -4.56. The van der Waals surface area contributed by atoms with Gasteiger partial charge in [0.2, 0.25) is 0 Å². The molecule has 0 aliphatic carbocycles.